The molecule has 0 bridgehead atoms. The lowest BCUT2D eigenvalue weighted by molar-refractivity contribution is -0.103. The van der Waals surface area contributed by atoms with Crippen molar-refractivity contribution in [3.8, 4) is 0 Å². The average Bonchev–Trinajstić information content (AvgIpc) is 3.51. The summed E-state index contributed by atoms with van der Waals surface area (Å²) in [6, 6.07) is 0. The second-order valence-electron chi connectivity index (χ2n) is 34.0. The van der Waals surface area contributed by atoms with E-state index in [1.165, 1.54) is 148 Å². The Kier molecular flexibility index (Phi) is 14.7. The quantitative estimate of drug-likeness (QED) is 0.241. The van der Waals surface area contributed by atoms with Gasteiger partial charge in [-0.3, -0.25) is 0 Å². The fraction of sp³-hybridized carbons (Fsp3) is 0.868. The van der Waals surface area contributed by atoms with Crippen molar-refractivity contribution < 1.29 is 0 Å². The fourth-order valence-corrected chi connectivity index (χ4v) is 25.4. The van der Waals surface area contributed by atoms with E-state index in [4.69, 9.17) is 0 Å². The molecule has 424 valence electrons. The molecule has 76 heavy (non-hydrogen) atoms. The minimum absolute atomic E-state index is 0.489. The summed E-state index contributed by atoms with van der Waals surface area (Å²) in [6.45, 7) is 41.8. The van der Waals surface area contributed by atoms with E-state index < -0.39 is 0 Å². The molecule has 13 aliphatic carbocycles. The molecular weight excluding hydrogens is 913 g/mol. The van der Waals surface area contributed by atoms with Gasteiger partial charge in [-0.25, -0.2) is 0 Å². The van der Waals surface area contributed by atoms with Crippen LogP contribution < -0.4 is 0 Å². The van der Waals surface area contributed by atoms with Crippen LogP contribution in [-0.4, -0.2) is 0 Å². The van der Waals surface area contributed by atoms with Gasteiger partial charge in [0.2, 0.25) is 0 Å². The third-order valence-electron chi connectivity index (χ3n) is 29.5. The van der Waals surface area contributed by atoms with Crippen LogP contribution in [0, 0.1) is 152 Å². The molecule has 0 nitrogen and oxygen atoms in total. The minimum atomic E-state index is 0.489. The van der Waals surface area contributed by atoms with Crippen LogP contribution in [-0.2, 0) is 0 Å². The van der Waals surface area contributed by atoms with Crippen molar-refractivity contribution in [2.45, 2.75) is 265 Å². The van der Waals surface area contributed by atoms with E-state index in [0.717, 1.165) is 124 Å². The number of hydrogen-bond donors (Lipinski definition) is 0. The SMILES string of the molecule is CC(C)C1=CC2=C(C3CC4C(C)CCCC4(C)C4=C3CC(C(C)C)CC4)CC3C(C)CCCC3(C)C2CC1.CC(C)C1CCC2C3=C1C1=CC4C(C)CCCC4(C)C4CCC(C(C)C)C(C3CC3C(C)CCCC23C)C14. The van der Waals surface area contributed by atoms with Gasteiger partial charge in [-0.05, 0) is 265 Å². The molecular formula is C76H120. The van der Waals surface area contributed by atoms with Gasteiger partial charge >= 0.3 is 0 Å². The van der Waals surface area contributed by atoms with Crippen LogP contribution in [0.5, 0.6) is 0 Å². The second-order valence-corrected chi connectivity index (χ2v) is 34.0. The second kappa shape index (κ2) is 20.2. The van der Waals surface area contributed by atoms with Crippen LogP contribution in [0.3, 0.4) is 0 Å². The molecule has 6 fully saturated rings. The van der Waals surface area contributed by atoms with Crippen molar-refractivity contribution in [2.24, 2.45) is 152 Å². The van der Waals surface area contributed by atoms with Gasteiger partial charge in [-0.15, -0.1) is 0 Å². The van der Waals surface area contributed by atoms with Crippen LogP contribution in [0.4, 0.5) is 0 Å². The van der Waals surface area contributed by atoms with Crippen molar-refractivity contribution in [1.29, 1.82) is 0 Å². The monoisotopic (exact) mass is 1030 g/mol. The van der Waals surface area contributed by atoms with E-state index in [9.17, 15) is 0 Å². The predicted molar refractivity (Wildman–Crippen MR) is 325 cm³/mol. The Bertz CT molecular complexity index is 2350. The lowest BCUT2D eigenvalue weighted by Gasteiger charge is -2.68. The van der Waals surface area contributed by atoms with Crippen LogP contribution in [0.2, 0.25) is 0 Å². The molecule has 0 radical (unpaired) electrons. The summed E-state index contributed by atoms with van der Waals surface area (Å²) < 4.78 is 0. The van der Waals surface area contributed by atoms with Crippen molar-refractivity contribution >= 4 is 0 Å². The van der Waals surface area contributed by atoms with Crippen molar-refractivity contribution in [3.63, 3.8) is 0 Å². The third kappa shape index (κ3) is 8.42. The Hall–Kier alpha value is -1.30. The molecule has 0 aromatic heterocycles. The maximum atomic E-state index is 3.02. The molecule has 22 atom stereocenters. The number of allylic oxidation sites excluding steroid dienone is 10. The molecule has 0 heteroatoms. The summed E-state index contributed by atoms with van der Waals surface area (Å²) in [5.41, 5.74) is 17.8. The van der Waals surface area contributed by atoms with Gasteiger partial charge in [0.1, 0.15) is 0 Å². The molecule has 13 rings (SSSR count). The Morgan fingerprint density at radius 1 is 0.526 bits per heavy atom. The maximum absolute atomic E-state index is 3.02. The number of fused-ring (bicyclic) bond motifs is 11. The molecule has 13 aliphatic rings. The lowest BCUT2D eigenvalue weighted by Crippen LogP contribution is -2.60. The number of hydrogen-bond acceptors (Lipinski definition) is 0. The molecule has 0 heterocycles. The fourth-order valence-electron chi connectivity index (χ4n) is 25.4. The largest absolute Gasteiger partial charge is 0.0768 e. The first-order valence-corrected chi connectivity index (χ1v) is 34.7. The summed E-state index contributed by atoms with van der Waals surface area (Å²) in [6.07, 6.45) is 41.0. The normalized spacial score (nSPS) is 49.5. The summed E-state index contributed by atoms with van der Waals surface area (Å²) >= 11 is 0. The Labute approximate surface area is 471 Å². The molecule has 0 saturated heterocycles. The first-order valence-electron chi connectivity index (χ1n) is 34.7. The van der Waals surface area contributed by atoms with E-state index >= 15 is 0 Å². The molecule has 0 N–H and O–H groups in total. The Morgan fingerprint density at radius 2 is 1.17 bits per heavy atom. The van der Waals surface area contributed by atoms with E-state index in [1.54, 1.807) is 12.0 Å². The molecule has 0 spiro atoms. The molecule has 22 unspecified atom stereocenters. The average molecular weight is 1030 g/mol. The third-order valence-corrected chi connectivity index (χ3v) is 29.5. The van der Waals surface area contributed by atoms with E-state index in [1.807, 2.05) is 33.4 Å². The highest BCUT2D eigenvalue weighted by molar-refractivity contribution is 5.51. The summed E-state index contributed by atoms with van der Waals surface area (Å²) in [4.78, 5) is 0. The zero-order valence-corrected chi connectivity index (χ0v) is 52.8. The first-order chi connectivity index (χ1) is 36.1. The summed E-state index contributed by atoms with van der Waals surface area (Å²) in [5.74, 6) is 19.1. The van der Waals surface area contributed by atoms with Crippen molar-refractivity contribution in [2.75, 3.05) is 0 Å². The zero-order valence-electron chi connectivity index (χ0n) is 52.8. The van der Waals surface area contributed by atoms with E-state index in [0.29, 0.717) is 27.6 Å². The van der Waals surface area contributed by atoms with Gasteiger partial charge < -0.3 is 0 Å². The molecule has 0 amide bonds. The van der Waals surface area contributed by atoms with E-state index in [2.05, 4.69) is 129 Å². The Morgan fingerprint density at radius 3 is 1.84 bits per heavy atom. The molecule has 6 saturated carbocycles. The highest BCUT2D eigenvalue weighted by atomic mass is 14.7. The highest BCUT2D eigenvalue weighted by Gasteiger charge is 2.65. The van der Waals surface area contributed by atoms with Gasteiger partial charge in [0.15, 0.2) is 0 Å². The minimum Gasteiger partial charge on any atom is -0.0768 e. The first kappa shape index (κ1) is 55.2. The summed E-state index contributed by atoms with van der Waals surface area (Å²) in [7, 11) is 0. The summed E-state index contributed by atoms with van der Waals surface area (Å²) in [5, 5.41) is 0. The predicted octanol–water partition coefficient (Wildman–Crippen LogP) is 22.1. The molecule has 0 aromatic rings. The topological polar surface area (TPSA) is 0 Å². The van der Waals surface area contributed by atoms with Gasteiger partial charge in [0.25, 0.3) is 0 Å². The zero-order chi connectivity index (χ0) is 53.7. The van der Waals surface area contributed by atoms with Gasteiger partial charge in [-0.2, -0.15) is 0 Å². The van der Waals surface area contributed by atoms with Gasteiger partial charge in [-0.1, -0.05) is 202 Å². The Balaban J connectivity index is 0.000000153. The van der Waals surface area contributed by atoms with Gasteiger partial charge in [0.05, 0.1) is 0 Å². The van der Waals surface area contributed by atoms with Crippen molar-refractivity contribution in [1.82, 2.24) is 0 Å². The van der Waals surface area contributed by atoms with Crippen molar-refractivity contribution in [3.05, 3.63) is 56.7 Å². The smallest absolute Gasteiger partial charge is 0.00190 e. The van der Waals surface area contributed by atoms with Gasteiger partial charge in [0, 0.05) is 5.92 Å². The molecule has 0 aromatic carbocycles. The number of rotatable bonds is 5. The van der Waals surface area contributed by atoms with E-state index in [-0.39, 0.29) is 0 Å². The van der Waals surface area contributed by atoms with Crippen LogP contribution in [0.1, 0.15) is 265 Å². The highest BCUT2D eigenvalue weighted by Crippen LogP contribution is 2.74. The van der Waals surface area contributed by atoms with Crippen LogP contribution in [0.15, 0.2) is 56.7 Å². The van der Waals surface area contributed by atoms with Crippen LogP contribution in [0.25, 0.3) is 0 Å². The standard InChI is InChI=1S/2C38H60/c1-21(2)25-13-15-29-35-28(20-32-24(6)12-9-17-37(29,32)7)34-26(22(3)4)14-16-30-36(34)27(33(25)35)19-31-23(5)11-10-18-38(30,31)8;1-23(2)27-13-15-33-31(19-27)29(21-35-25(5)11-9-17-37(33,35)7)30-22-36-26(6)12-10-18-38(36,8)34-16-14-28(24(3)4)20-32(30)34/h19,21-26,28-32,34,36H,9-18,20H2,1-8H3;19,23-26,28,30,33,35-36H,9-18,20-22H2,1-8H3. The maximum Gasteiger partial charge on any atom is 0.00190 e. The molecule has 0 aliphatic heterocycles. The van der Waals surface area contributed by atoms with Crippen LogP contribution >= 0.6 is 0 Å². The lowest BCUT2D eigenvalue weighted by atomic mass is 9.37.